The third kappa shape index (κ3) is 2.22. The Hall–Kier alpha value is -1.68. The first-order chi connectivity index (χ1) is 8.13. The van der Waals surface area contributed by atoms with Gasteiger partial charge in [0.25, 0.3) is 0 Å². The summed E-state index contributed by atoms with van der Waals surface area (Å²) in [5.74, 6) is 0.770. The lowest BCUT2D eigenvalue weighted by molar-refractivity contribution is 0.103. The summed E-state index contributed by atoms with van der Waals surface area (Å²) in [6, 6.07) is 3.74. The molecule has 88 valence electrons. The molecule has 2 aromatic rings. The second-order valence-electron chi connectivity index (χ2n) is 3.84. The number of rotatable bonds is 3. The van der Waals surface area contributed by atoms with Crippen molar-refractivity contribution < 1.29 is 9.53 Å². The first-order valence-electron chi connectivity index (χ1n) is 5.21. The highest BCUT2D eigenvalue weighted by atomic mass is 32.1. The summed E-state index contributed by atoms with van der Waals surface area (Å²) in [5, 5.41) is 1.77. The van der Waals surface area contributed by atoms with E-state index in [1.54, 1.807) is 18.0 Å². The zero-order chi connectivity index (χ0) is 12.4. The number of carbonyl (C=O) groups is 1. The van der Waals surface area contributed by atoms with E-state index in [-0.39, 0.29) is 5.78 Å². The summed E-state index contributed by atoms with van der Waals surface area (Å²) in [4.78, 5) is 16.2. The van der Waals surface area contributed by atoms with Gasteiger partial charge in [0.05, 0.1) is 12.6 Å². The van der Waals surface area contributed by atoms with Gasteiger partial charge in [-0.15, -0.1) is 11.3 Å². The van der Waals surface area contributed by atoms with Gasteiger partial charge < -0.3 is 4.74 Å². The molecule has 0 aliphatic heterocycles. The molecule has 3 nitrogen and oxygen atoms in total. The van der Waals surface area contributed by atoms with Crippen molar-refractivity contribution in [1.29, 1.82) is 0 Å². The zero-order valence-electron chi connectivity index (χ0n) is 9.98. The molecule has 1 aromatic carbocycles. The van der Waals surface area contributed by atoms with Crippen molar-refractivity contribution in [1.82, 2.24) is 4.98 Å². The van der Waals surface area contributed by atoms with Gasteiger partial charge in [0, 0.05) is 10.9 Å². The number of ether oxygens (including phenoxy) is 1. The lowest BCUT2D eigenvalue weighted by Crippen LogP contribution is -2.05. The van der Waals surface area contributed by atoms with Crippen LogP contribution in [0.4, 0.5) is 0 Å². The minimum absolute atomic E-state index is 0.0329. The second kappa shape index (κ2) is 4.67. The first-order valence-corrected chi connectivity index (χ1v) is 6.16. The minimum Gasteiger partial charge on any atom is -0.496 e. The van der Waals surface area contributed by atoms with Crippen molar-refractivity contribution in [3.63, 3.8) is 0 Å². The molecule has 0 N–H and O–H groups in total. The van der Waals surface area contributed by atoms with Gasteiger partial charge in [-0.3, -0.25) is 4.79 Å². The van der Waals surface area contributed by atoms with Crippen molar-refractivity contribution >= 4 is 17.1 Å². The topological polar surface area (TPSA) is 39.2 Å². The molecule has 0 saturated carbocycles. The lowest BCUT2D eigenvalue weighted by Gasteiger charge is -2.09. The summed E-state index contributed by atoms with van der Waals surface area (Å²) in [7, 11) is 1.63. The number of methoxy groups -OCH3 is 1. The van der Waals surface area contributed by atoms with Gasteiger partial charge >= 0.3 is 0 Å². The highest BCUT2D eigenvalue weighted by Gasteiger charge is 2.15. The number of thiazole rings is 1. The fraction of sp³-hybridized carbons (Fsp3) is 0.231. The van der Waals surface area contributed by atoms with E-state index < -0.39 is 0 Å². The molecule has 17 heavy (non-hydrogen) atoms. The van der Waals surface area contributed by atoms with Crippen LogP contribution < -0.4 is 4.74 Å². The fourth-order valence-corrected chi connectivity index (χ4v) is 2.25. The molecule has 0 unspecified atom stereocenters. The third-order valence-electron chi connectivity index (χ3n) is 2.65. The molecular weight excluding hydrogens is 234 g/mol. The van der Waals surface area contributed by atoms with Crippen LogP contribution in [0.15, 0.2) is 23.0 Å². The summed E-state index contributed by atoms with van der Waals surface area (Å²) >= 11 is 1.42. The molecule has 0 atom stereocenters. The summed E-state index contributed by atoms with van der Waals surface area (Å²) in [5.41, 5.74) is 4.72. The van der Waals surface area contributed by atoms with Crippen LogP contribution >= 0.6 is 11.3 Å². The van der Waals surface area contributed by atoms with Gasteiger partial charge in [-0.25, -0.2) is 4.98 Å². The Morgan fingerprint density at radius 3 is 2.65 bits per heavy atom. The average Bonchev–Trinajstić information content (AvgIpc) is 2.84. The Bertz CT molecular complexity index is 547. The van der Waals surface area contributed by atoms with Crippen LogP contribution in [0.25, 0.3) is 0 Å². The summed E-state index contributed by atoms with van der Waals surface area (Å²) in [6.45, 7) is 3.83. The van der Waals surface area contributed by atoms with E-state index in [9.17, 15) is 4.79 Å². The Kier molecular flexibility index (Phi) is 3.24. The normalized spacial score (nSPS) is 10.3. The fourth-order valence-electron chi connectivity index (χ4n) is 1.72. The van der Waals surface area contributed by atoms with E-state index in [4.69, 9.17) is 4.74 Å². The van der Waals surface area contributed by atoms with Gasteiger partial charge in [-0.05, 0) is 37.1 Å². The molecule has 0 amide bonds. The molecule has 0 bridgehead atoms. The average molecular weight is 247 g/mol. The van der Waals surface area contributed by atoms with E-state index in [0.717, 1.165) is 16.9 Å². The third-order valence-corrected chi connectivity index (χ3v) is 3.24. The molecule has 0 spiro atoms. The van der Waals surface area contributed by atoms with E-state index in [2.05, 4.69) is 4.98 Å². The summed E-state index contributed by atoms with van der Waals surface area (Å²) in [6.07, 6.45) is 0. The van der Waals surface area contributed by atoms with Crippen LogP contribution in [0.3, 0.4) is 0 Å². The van der Waals surface area contributed by atoms with Gasteiger partial charge in [-0.2, -0.15) is 0 Å². The summed E-state index contributed by atoms with van der Waals surface area (Å²) < 4.78 is 5.23. The smallest absolute Gasteiger partial charge is 0.212 e. The SMILES string of the molecule is COc1cc(C)c(C(=O)c2cscn2)cc1C. The van der Waals surface area contributed by atoms with Crippen LogP contribution in [-0.4, -0.2) is 17.9 Å². The Labute approximate surface area is 104 Å². The van der Waals surface area contributed by atoms with Crippen LogP contribution in [-0.2, 0) is 0 Å². The molecule has 0 aliphatic carbocycles. The Morgan fingerprint density at radius 2 is 2.06 bits per heavy atom. The minimum atomic E-state index is -0.0329. The molecule has 1 heterocycles. The van der Waals surface area contributed by atoms with Crippen molar-refractivity contribution in [3.8, 4) is 5.75 Å². The molecule has 1 aromatic heterocycles. The number of aryl methyl sites for hydroxylation is 2. The molecule has 0 aliphatic rings. The second-order valence-corrected chi connectivity index (χ2v) is 4.56. The highest BCUT2D eigenvalue weighted by Crippen LogP contribution is 2.24. The maximum atomic E-state index is 12.2. The van der Waals surface area contributed by atoms with E-state index in [0.29, 0.717) is 11.3 Å². The Morgan fingerprint density at radius 1 is 1.29 bits per heavy atom. The number of nitrogens with zero attached hydrogens (tertiary/aromatic N) is 1. The van der Waals surface area contributed by atoms with Crippen molar-refractivity contribution in [2.45, 2.75) is 13.8 Å². The van der Waals surface area contributed by atoms with Crippen molar-refractivity contribution in [2.24, 2.45) is 0 Å². The first kappa shape index (κ1) is 11.8. The van der Waals surface area contributed by atoms with Crippen molar-refractivity contribution in [2.75, 3.05) is 7.11 Å². The van der Waals surface area contributed by atoms with Crippen LogP contribution in [0.5, 0.6) is 5.75 Å². The van der Waals surface area contributed by atoms with Crippen LogP contribution in [0.2, 0.25) is 0 Å². The van der Waals surface area contributed by atoms with E-state index in [1.807, 2.05) is 26.0 Å². The number of benzene rings is 1. The molecule has 4 heteroatoms. The molecule has 0 fully saturated rings. The predicted octanol–water partition coefficient (Wildman–Crippen LogP) is 3.00. The molecule has 2 rings (SSSR count). The zero-order valence-corrected chi connectivity index (χ0v) is 10.8. The number of hydrogen-bond acceptors (Lipinski definition) is 4. The van der Waals surface area contributed by atoms with Gasteiger partial charge in [0.1, 0.15) is 11.4 Å². The van der Waals surface area contributed by atoms with Crippen LogP contribution in [0, 0.1) is 13.8 Å². The molecule has 0 saturated heterocycles. The van der Waals surface area contributed by atoms with Crippen LogP contribution in [0.1, 0.15) is 27.2 Å². The molecular formula is C13H13NO2S. The monoisotopic (exact) mass is 247 g/mol. The van der Waals surface area contributed by atoms with E-state index >= 15 is 0 Å². The Balaban J connectivity index is 2.46. The maximum absolute atomic E-state index is 12.2. The van der Waals surface area contributed by atoms with Crippen molar-refractivity contribution in [3.05, 3.63) is 45.4 Å². The number of ketones is 1. The van der Waals surface area contributed by atoms with E-state index in [1.165, 1.54) is 11.3 Å². The van der Waals surface area contributed by atoms with Gasteiger partial charge in [0.2, 0.25) is 5.78 Å². The van der Waals surface area contributed by atoms with Gasteiger partial charge in [-0.1, -0.05) is 0 Å². The quantitative estimate of drug-likeness (QED) is 0.783. The largest absolute Gasteiger partial charge is 0.496 e. The van der Waals surface area contributed by atoms with Gasteiger partial charge in [0.15, 0.2) is 0 Å². The predicted molar refractivity (Wildman–Crippen MR) is 68.0 cm³/mol. The standard InChI is InChI=1S/C13H13NO2S/c1-8-5-12(16-3)9(2)4-10(8)13(15)11-6-17-7-14-11/h4-7H,1-3H3. The maximum Gasteiger partial charge on any atom is 0.212 e. The number of hydrogen-bond donors (Lipinski definition) is 0. The lowest BCUT2D eigenvalue weighted by atomic mass is 10.00. The highest BCUT2D eigenvalue weighted by molar-refractivity contribution is 7.07. The molecule has 0 radical (unpaired) electrons. The number of carbonyl (C=O) groups excluding carboxylic acids is 1. The number of aromatic nitrogens is 1.